The van der Waals surface area contributed by atoms with Crippen LogP contribution in [0.3, 0.4) is 0 Å². The van der Waals surface area contributed by atoms with E-state index in [0.29, 0.717) is 21.3 Å². The van der Waals surface area contributed by atoms with E-state index in [1.807, 2.05) is 26.8 Å². The van der Waals surface area contributed by atoms with Crippen LogP contribution in [0.5, 0.6) is 0 Å². The molecule has 0 radical (unpaired) electrons. The minimum absolute atomic E-state index is 0.0485. The van der Waals surface area contributed by atoms with Crippen molar-refractivity contribution < 1.29 is 18.0 Å². The van der Waals surface area contributed by atoms with Gasteiger partial charge in [0.05, 0.1) is 22.0 Å². The Kier molecular flexibility index (Phi) is 9.39. The van der Waals surface area contributed by atoms with Crippen molar-refractivity contribution in [3.05, 3.63) is 63.1 Å². The molecule has 0 saturated carbocycles. The lowest BCUT2D eigenvalue weighted by Crippen LogP contribution is -2.52. The lowest BCUT2D eigenvalue weighted by atomic mass is 10.1. The first kappa shape index (κ1) is 28.0. The third-order valence-corrected chi connectivity index (χ3v) is 7.10. The van der Waals surface area contributed by atoms with E-state index in [1.54, 1.807) is 44.2 Å². The number of anilines is 1. The van der Waals surface area contributed by atoms with Gasteiger partial charge in [-0.3, -0.25) is 13.9 Å². The van der Waals surface area contributed by atoms with Crippen LogP contribution >= 0.6 is 23.2 Å². The molecule has 0 aliphatic rings. The van der Waals surface area contributed by atoms with E-state index in [2.05, 4.69) is 5.32 Å². The van der Waals surface area contributed by atoms with E-state index in [4.69, 9.17) is 23.2 Å². The molecule has 2 aromatic carbocycles. The number of carbonyl (C=O) groups excluding carboxylic acids is 2. The van der Waals surface area contributed by atoms with Gasteiger partial charge in [-0.15, -0.1) is 0 Å². The van der Waals surface area contributed by atoms with Gasteiger partial charge < -0.3 is 10.2 Å². The predicted molar refractivity (Wildman–Crippen MR) is 138 cm³/mol. The van der Waals surface area contributed by atoms with Crippen LogP contribution in [0.1, 0.15) is 37.5 Å². The molecule has 1 N–H and O–H groups in total. The van der Waals surface area contributed by atoms with Gasteiger partial charge >= 0.3 is 0 Å². The molecule has 0 fully saturated rings. The smallest absolute Gasteiger partial charge is 0.244 e. The van der Waals surface area contributed by atoms with Crippen molar-refractivity contribution in [3.8, 4) is 0 Å². The Hall–Kier alpha value is -2.29. The maximum absolute atomic E-state index is 13.5. The number of aryl methyl sites for hydroxylation is 2. The summed E-state index contributed by atoms with van der Waals surface area (Å²) >= 11 is 12.2. The van der Waals surface area contributed by atoms with Crippen LogP contribution in [-0.4, -0.2) is 50.0 Å². The van der Waals surface area contributed by atoms with Crippen LogP contribution in [0.4, 0.5) is 5.69 Å². The van der Waals surface area contributed by atoms with Crippen molar-refractivity contribution in [2.45, 2.75) is 53.2 Å². The molecule has 0 aliphatic carbocycles. The van der Waals surface area contributed by atoms with E-state index < -0.39 is 28.5 Å². The zero-order valence-corrected chi connectivity index (χ0v) is 22.6. The van der Waals surface area contributed by atoms with Gasteiger partial charge in [-0.05, 0) is 63.9 Å². The first-order valence-electron chi connectivity index (χ1n) is 10.8. The molecule has 2 rings (SSSR count). The molecule has 1 atom stereocenters. The van der Waals surface area contributed by atoms with E-state index in [1.165, 1.54) is 4.90 Å². The molecule has 0 aliphatic heterocycles. The largest absolute Gasteiger partial charge is 0.352 e. The Bertz CT molecular complexity index is 1170. The highest BCUT2D eigenvalue weighted by Crippen LogP contribution is 2.26. The molecule has 2 amide bonds. The summed E-state index contributed by atoms with van der Waals surface area (Å²) in [4.78, 5) is 27.6. The van der Waals surface area contributed by atoms with Gasteiger partial charge in [0.15, 0.2) is 0 Å². The van der Waals surface area contributed by atoms with Gasteiger partial charge in [-0.1, -0.05) is 47.0 Å². The lowest BCUT2D eigenvalue weighted by Gasteiger charge is -2.32. The Morgan fingerprint density at radius 1 is 1.00 bits per heavy atom. The highest BCUT2D eigenvalue weighted by atomic mass is 35.5. The van der Waals surface area contributed by atoms with E-state index >= 15 is 0 Å². The number of hydrogen-bond acceptors (Lipinski definition) is 4. The molecule has 1 unspecified atom stereocenters. The second-order valence-electron chi connectivity index (χ2n) is 8.67. The zero-order chi connectivity index (χ0) is 25.8. The molecule has 186 valence electrons. The average Bonchev–Trinajstić information content (AvgIpc) is 2.71. The number of amides is 2. The van der Waals surface area contributed by atoms with Crippen LogP contribution in [-0.2, 0) is 26.2 Å². The second-order valence-corrected chi connectivity index (χ2v) is 11.4. The summed E-state index contributed by atoms with van der Waals surface area (Å²) in [6, 6.07) is 9.28. The zero-order valence-electron chi connectivity index (χ0n) is 20.2. The normalized spacial score (nSPS) is 12.4. The van der Waals surface area contributed by atoms with Gasteiger partial charge in [-0.2, -0.15) is 0 Å². The van der Waals surface area contributed by atoms with Crippen molar-refractivity contribution >= 4 is 50.7 Å². The molecular formula is C24H31Cl2N3O4S. The fraction of sp³-hybridized carbons (Fsp3) is 0.417. The van der Waals surface area contributed by atoms with E-state index in [-0.39, 0.29) is 18.5 Å². The number of nitrogens with one attached hydrogen (secondary N) is 1. The molecular weight excluding hydrogens is 497 g/mol. The van der Waals surface area contributed by atoms with Crippen molar-refractivity contribution in [2.24, 2.45) is 0 Å². The first-order valence-corrected chi connectivity index (χ1v) is 13.4. The lowest BCUT2D eigenvalue weighted by molar-refractivity contribution is -0.139. The van der Waals surface area contributed by atoms with Gasteiger partial charge in [0.25, 0.3) is 0 Å². The van der Waals surface area contributed by atoms with E-state index in [9.17, 15) is 18.0 Å². The molecule has 10 heteroatoms. The van der Waals surface area contributed by atoms with Crippen LogP contribution in [0, 0.1) is 13.8 Å². The van der Waals surface area contributed by atoms with Gasteiger partial charge in [0.1, 0.15) is 12.6 Å². The summed E-state index contributed by atoms with van der Waals surface area (Å²) < 4.78 is 26.4. The quantitative estimate of drug-likeness (QED) is 0.526. The minimum Gasteiger partial charge on any atom is -0.352 e. The molecule has 0 bridgehead atoms. The number of hydrogen-bond donors (Lipinski definition) is 1. The summed E-state index contributed by atoms with van der Waals surface area (Å²) in [5.74, 6) is -0.872. The third kappa shape index (κ3) is 7.35. The molecule has 0 spiro atoms. The molecule has 2 aromatic rings. The fourth-order valence-electron chi connectivity index (χ4n) is 3.50. The van der Waals surface area contributed by atoms with Crippen molar-refractivity contribution in [3.63, 3.8) is 0 Å². The van der Waals surface area contributed by atoms with Gasteiger partial charge in [-0.25, -0.2) is 8.42 Å². The topological polar surface area (TPSA) is 86.8 Å². The monoisotopic (exact) mass is 527 g/mol. The number of halogens is 2. The Balaban J connectivity index is 2.44. The van der Waals surface area contributed by atoms with Gasteiger partial charge in [0.2, 0.25) is 21.8 Å². The number of nitrogens with zero attached hydrogens (tertiary/aromatic N) is 2. The summed E-state index contributed by atoms with van der Waals surface area (Å²) in [6.07, 6.45) is 1.05. The van der Waals surface area contributed by atoms with Crippen LogP contribution in [0.15, 0.2) is 36.4 Å². The summed E-state index contributed by atoms with van der Waals surface area (Å²) in [5, 5.41) is 3.49. The minimum atomic E-state index is -3.79. The maximum atomic E-state index is 13.5. The van der Waals surface area contributed by atoms with Crippen LogP contribution in [0.2, 0.25) is 10.0 Å². The third-order valence-electron chi connectivity index (χ3n) is 5.24. The molecule has 0 aromatic heterocycles. The standard InChI is InChI=1S/C24H31Cl2N3O4S/c1-15(2)27-24(31)18(5)28(13-19-8-9-20(25)21(26)12-19)23(30)14-29(34(6,32)33)22-10-7-16(3)11-17(22)4/h7-12,15,18H,13-14H2,1-6H3,(H,27,31). The molecule has 0 saturated heterocycles. The second kappa shape index (κ2) is 11.4. The molecule has 0 heterocycles. The van der Waals surface area contributed by atoms with Gasteiger partial charge in [0, 0.05) is 12.6 Å². The predicted octanol–water partition coefficient (Wildman–Crippen LogP) is 4.32. The first-order chi connectivity index (χ1) is 15.7. The fourth-order valence-corrected chi connectivity index (χ4v) is 4.73. The summed E-state index contributed by atoms with van der Waals surface area (Å²) in [7, 11) is -3.79. The maximum Gasteiger partial charge on any atom is 0.244 e. The van der Waals surface area contributed by atoms with Crippen molar-refractivity contribution in [2.75, 3.05) is 17.1 Å². The Labute approximate surface area is 212 Å². The number of benzene rings is 2. The highest BCUT2D eigenvalue weighted by Gasteiger charge is 2.30. The number of sulfonamides is 1. The highest BCUT2D eigenvalue weighted by molar-refractivity contribution is 7.92. The van der Waals surface area contributed by atoms with Crippen molar-refractivity contribution in [1.82, 2.24) is 10.2 Å². The van der Waals surface area contributed by atoms with Crippen molar-refractivity contribution in [1.29, 1.82) is 0 Å². The average molecular weight is 529 g/mol. The summed E-state index contributed by atoms with van der Waals surface area (Å²) in [6.45, 7) is 8.53. The molecule has 34 heavy (non-hydrogen) atoms. The van der Waals surface area contributed by atoms with E-state index in [0.717, 1.165) is 21.7 Å². The van der Waals surface area contributed by atoms with Crippen LogP contribution < -0.4 is 9.62 Å². The Morgan fingerprint density at radius 3 is 2.18 bits per heavy atom. The Morgan fingerprint density at radius 2 is 1.65 bits per heavy atom. The number of carbonyl (C=O) groups is 2. The molecule has 7 nitrogen and oxygen atoms in total. The number of rotatable bonds is 9. The summed E-state index contributed by atoms with van der Waals surface area (Å²) in [5.41, 5.74) is 2.76. The van der Waals surface area contributed by atoms with Crippen LogP contribution in [0.25, 0.3) is 0 Å². The SMILES string of the molecule is Cc1ccc(N(CC(=O)N(Cc2ccc(Cl)c(Cl)c2)C(C)C(=O)NC(C)C)S(C)(=O)=O)c(C)c1.